The minimum absolute atomic E-state index is 0.000324. The zero-order chi connectivity index (χ0) is 12.8. The molecule has 0 heterocycles. The van der Waals surface area contributed by atoms with E-state index in [0.29, 0.717) is 6.42 Å². The summed E-state index contributed by atoms with van der Waals surface area (Å²) in [7, 11) is 0. The highest BCUT2D eigenvalue weighted by Crippen LogP contribution is 2.16. The van der Waals surface area contributed by atoms with Crippen LogP contribution in [0.5, 0.6) is 0 Å². The molecule has 0 saturated heterocycles. The minimum atomic E-state index is -0.0369. The zero-order valence-corrected chi connectivity index (χ0v) is 10.9. The molecule has 0 saturated carbocycles. The molecule has 1 rings (SSSR count). The summed E-state index contributed by atoms with van der Waals surface area (Å²) in [5.74, 6) is -0.000324. The Balaban J connectivity index is 2.58. The van der Waals surface area contributed by atoms with Gasteiger partial charge in [-0.25, -0.2) is 0 Å². The third kappa shape index (κ3) is 4.57. The van der Waals surface area contributed by atoms with Crippen molar-refractivity contribution in [2.75, 3.05) is 5.32 Å². The lowest BCUT2D eigenvalue weighted by Gasteiger charge is -2.12. The number of nitrogens with two attached hydrogens (primary N) is 1. The van der Waals surface area contributed by atoms with Crippen molar-refractivity contribution in [2.45, 2.75) is 46.1 Å². The summed E-state index contributed by atoms with van der Waals surface area (Å²) < 4.78 is 0. The lowest BCUT2D eigenvalue weighted by atomic mass is 10.1. The Morgan fingerprint density at radius 1 is 1.41 bits per heavy atom. The van der Waals surface area contributed by atoms with Crippen LogP contribution in [0.4, 0.5) is 5.69 Å². The third-order valence-corrected chi connectivity index (χ3v) is 2.77. The molecule has 0 aliphatic rings. The van der Waals surface area contributed by atoms with E-state index in [1.807, 2.05) is 32.0 Å². The number of carbonyl (C=O) groups excluding carboxylic acids is 1. The van der Waals surface area contributed by atoms with Gasteiger partial charge < -0.3 is 11.1 Å². The van der Waals surface area contributed by atoms with E-state index in [0.717, 1.165) is 29.7 Å². The molecule has 17 heavy (non-hydrogen) atoms. The van der Waals surface area contributed by atoms with Crippen LogP contribution in [0.25, 0.3) is 0 Å². The van der Waals surface area contributed by atoms with E-state index >= 15 is 0 Å². The van der Waals surface area contributed by atoms with Crippen LogP contribution in [0.1, 0.15) is 37.3 Å². The van der Waals surface area contributed by atoms with E-state index in [1.165, 1.54) is 0 Å². The Labute approximate surface area is 103 Å². The number of benzene rings is 1. The molecule has 0 fully saturated rings. The van der Waals surface area contributed by atoms with E-state index < -0.39 is 0 Å². The summed E-state index contributed by atoms with van der Waals surface area (Å²) in [6.45, 7) is 6.07. The van der Waals surface area contributed by atoms with Gasteiger partial charge in [0.2, 0.25) is 5.91 Å². The summed E-state index contributed by atoms with van der Waals surface area (Å²) in [4.78, 5) is 11.8. The Kier molecular flexibility index (Phi) is 5.16. The third-order valence-electron chi connectivity index (χ3n) is 2.77. The minimum Gasteiger partial charge on any atom is -0.327 e. The van der Waals surface area contributed by atoms with Crippen LogP contribution in [0.2, 0.25) is 0 Å². The van der Waals surface area contributed by atoms with Gasteiger partial charge in [0.1, 0.15) is 0 Å². The van der Waals surface area contributed by atoms with Gasteiger partial charge in [-0.3, -0.25) is 4.79 Å². The van der Waals surface area contributed by atoms with Gasteiger partial charge in [-0.15, -0.1) is 0 Å². The van der Waals surface area contributed by atoms with Crippen molar-refractivity contribution >= 4 is 11.6 Å². The van der Waals surface area contributed by atoms with E-state index in [9.17, 15) is 4.79 Å². The zero-order valence-electron chi connectivity index (χ0n) is 10.9. The Hall–Kier alpha value is -1.35. The molecular weight excluding hydrogens is 212 g/mol. The lowest BCUT2D eigenvalue weighted by Crippen LogP contribution is -2.27. The monoisotopic (exact) mass is 234 g/mol. The largest absolute Gasteiger partial charge is 0.327 e. The quantitative estimate of drug-likeness (QED) is 0.823. The molecule has 1 amide bonds. The van der Waals surface area contributed by atoms with Crippen molar-refractivity contribution < 1.29 is 4.79 Å². The molecule has 3 N–H and O–H groups in total. The van der Waals surface area contributed by atoms with Crippen molar-refractivity contribution in [1.29, 1.82) is 0 Å². The second-order valence-corrected chi connectivity index (χ2v) is 4.62. The van der Waals surface area contributed by atoms with E-state index in [4.69, 9.17) is 5.73 Å². The number of rotatable bonds is 5. The fourth-order valence-electron chi connectivity index (χ4n) is 1.78. The molecule has 1 unspecified atom stereocenters. The van der Waals surface area contributed by atoms with E-state index in [1.54, 1.807) is 0 Å². The molecular formula is C14H22N2O. The smallest absolute Gasteiger partial charge is 0.225 e. The number of nitrogens with one attached hydrogen (secondary N) is 1. The van der Waals surface area contributed by atoms with Gasteiger partial charge in [0.25, 0.3) is 0 Å². The molecule has 94 valence electrons. The molecule has 1 aromatic rings. The number of hydrogen-bond acceptors (Lipinski definition) is 2. The first kappa shape index (κ1) is 13.7. The summed E-state index contributed by atoms with van der Waals surface area (Å²) in [5, 5.41) is 2.92. The van der Waals surface area contributed by atoms with E-state index in [2.05, 4.69) is 12.2 Å². The Morgan fingerprint density at radius 2 is 2.12 bits per heavy atom. The molecule has 3 heteroatoms. The first-order chi connectivity index (χ1) is 8.02. The average molecular weight is 234 g/mol. The maximum atomic E-state index is 11.8. The molecule has 3 nitrogen and oxygen atoms in total. The molecule has 1 aromatic carbocycles. The normalized spacial score (nSPS) is 12.2. The lowest BCUT2D eigenvalue weighted by molar-refractivity contribution is -0.116. The average Bonchev–Trinajstić information content (AvgIpc) is 2.23. The SMILES string of the molecule is CCCC(N)CC(=O)Nc1cc(C)ccc1C. The van der Waals surface area contributed by atoms with Gasteiger partial charge in [0.15, 0.2) is 0 Å². The van der Waals surface area contributed by atoms with Gasteiger partial charge in [-0.1, -0.05) is 25.5 Å². The maximum absolute atomic E-state index is 11.8. The Bertz CT molecular complexity index is 388. The molecule has 0 aliphatic heterocycles. The highest BCUT2D eigenvalue weighted by atomic mass is 16.1. The van der Waals surface area contributed by atoms with Crippen molar-refractivity contribution in [3.63, 3.8) is 0 Å². The van der Waals surface area contributed by atoms with Crippen molar-refractivity contribution in [1.82, 2.24) is 0 Å². The van der Waals surface area contributed by atoms with Crippen LogP contribution in [0.15, 0.2) is 18.2 Å². The second kappa shape index (κ2) is 6.40. The predicted molar refractivity (Wildman–Crippen MR) is 72.0 cm³/mol. The number of carbonyl (C=O) groups is 1. The summed E-state index contributed by atoms with van der Waals surface area (Å²) in [6.07, 6.45) is 2.29. The highest BCUT2D eigenvalue weighted by Gasteiger charge is 2.09. The first-order valence-corrected chi connectivity index (χ1v) is 6.15. The molecule has 0 spiro atoms. The number of anilines is 1. The van der Waals surface area contributed by atoms with Crippen LogP contribution in [-0.2, 0) is 4.79 Å². The van der Waals surface area contributed by atoms with Crippen molar-refractivity contribution in [3.05, 3.63) is 29.3 Å². The molecule has 0 bridgehead atoms. The van der Waals surface area contributed by atoms with Crippen LogP contribution in [-0.4, -0.2) is 11.9 Å². The topological polar surface area (TPSA) is 55.1 Å². The Morgan fingerprint density at radius 3 is 2.76 bits per heavy atom. The molecule has 0 radical (unpaired) electrons. The first-order valence-electron chi connectivity index (χ1n) is 6.15. The summed E-state index contributed by atoms with van der Waals surface area (Å²) >= 11 is 0. The fourth-order valence-corrected chi connectivity index (χ4v) is 1.78. The maximum Gasteiger partial charge on any atom is 0.225 e. The standard InChI is InChI=1S/C14H22N2O/c1-4-5-12(15)9-14(17)16-13-8-10(2)6-7-11(13)3/h6-8,12H,4-5,9,15H2,1-3H3,(H,16,17). The van der Waals surface area contributed by atoms with Gasteiger partial charge in [-0.05, 0) is 37.5 Å². The van der Waals surface area contributed by atoms with Gasteiger partial charge in [0, 0.05) is 18.2 Å². The molecule has 0 aromatic heterocycles. The number of amides is 1. The van der Waals surface area contributed by atoms with Gasteiger partial charge in [0.05, 0.1) is 0 Å². The summed E-state index contributed by atoms with van der Waals surface area (Å²) in [5.41, 5.74) is 8.95. The molecule has 0 aliphatic carbocycles. The van der Waals surface area contributed by atoms with Gasteiger partial charge in [-0.2, -0.15) is 0 Å². The fraction of sp³-hybridized carbons (Fsp3) is 0.500. The van der Waals surface area contributed by atoms with Crippen LogP contribution in [0.3, 0.4) is 0 Å². The van der Waals surface area contributed by atoms with Crippen molar-refractivity contribution in [3.8, 4) is 0 Å². The summed E-state index contributed by atoms with van der Waals surface area (Å²) in [6, 6.07) is 5.99. The number of hydrogen-bond donors (Lipinski definition) is 2. The van der Waals surface area contributed by atoms with E-state index in [-0.39, 0.29) is 11.9 Å². The predicted octanol–water partition coefficient (Wildman–Crippen LogP) is 2.76. The van der Waals surface area contributed by atoms with Gasteiger partial charge >= 0.3 is 0 Å². The highest BCUT2D eigenvalue weighted by molar-refractivity contribution is 5.91. The van der Waals surface area contributed by atoms with Crippen LogP contribution < -0.4 is 11.1 Å². The number of aryl methyl sites for hydroxylation is 2. The van der Waals surface area contributed by atoms with Crippen LogP contribution >= 0.6 is 0 Å². The second-order valence-electron chi connectivity index (χ2n) is 4.62. The van der Waals surface area contributed by atoms with Crippen molar-refractivity contribution in [2.24, 2.45) is 5.73 Å². The molecule has 1 atom stereocenters. The van der Waals surface area contributed by atoms with Crippen LogP contribution in [0, 0.1) is 13.8 Å².